The lowest BCUT2D eigenvalue weighted by molar-refractivity contribution is 0.178. The molecular weight excluding hydrogens is 188 g/mol. The summed E-state index contributed by atoms with van der Waals surface area (Å²) in [5.41, 5.74) is 0. The van der Waals surface area contributed by atoms with Crippen molar-refractivity contribution in [3.8, 4) is 0 Å². The molecule has 0 aromatic rings. The topological polar surface area (TPSA) is 33.3 Å². The van der Waals surface area contributed by atoms with Crippen LogP contribution in [0.3, 0.4) is 0 Å². The molecule has 1 saturated carbocycles. The van der Waals surface area contributed by atoms with E-state index in [0.717, 1.165) is 38.1 Å². The zero-order valence-electron chi connectivity index (χ0n) is 9.80. The molecule has 88 valence electrons. The van der Waals surface area contributed by atoms with Gasteiger partial charge < -0.3 is 15.4 Å². The van der Waals surface area contributed by atoms with Crippen LogP contribution in [-0.2, 0) is 4.74 Å². The van der Waals surface area contributed by atoms with Crippen LogP contribution in [0.4, 0.5) is 0 Å². The highest BCUT2D eigenvalue weighted by atomic mass is 16.5. The Hall–Kier alpha value is -0.120. The Morgan fingerprint density at radius 1 is 1.27 bits per heavy atom. The van der Waals surface area contributed by atoms with Crippen molar-refractivity contribution in [2.75, 3.05) is 32.8 Å². The molecule has 0 bridgehead atoms. The second-order valence-corrected chi connectivity index (χ2v) is 5.01. The second kappa shape index (κ2) is 5.83. The van der Waals surface area contributed by atoms with Gasteiger partial charge in [0.15, 0.2) is 0 Å². The summed E-state index contributed by atoms with van der Waals surface area (Å²) in [4.78, 5) is 0. The number of ether oxygens (including phenoxy) is 1. The summed E-state index contributed by atoms with van der Waals surface area (Å²) in [6, 6.07) is 0.607. The van der Waals surface area contributed by atoms with Gasteiger partial charge >= 0.3 is 0 Å². The van der Waals surface area contributed by atoms with Crippen LogP contribution in [0.2, 0.25) is 0 Å². The van der Waals surface area contributed by atoms with Crippen LogP contribution in [0.15, 0.2) is 0 Å². The first-order valence-corrected chi connectivity index (χ1v) is 6.38. The Labute approximate surface area is 93.0 Å². The molecule has 2 atom stereocenters. The van der Waals surface area contributed by atoms with Gasteiger partial charge in [-0.2, -0.15) is 0 Å². The molecule has 0 spiro atoms. The number of rotatable bonds is 7. The summed E-state index contributed by atoms with van der Waals surface area (Å²) >= 11 is 0. The lowest BCUT2D eigenvalue weighted by Gasteiger charge is -2.19. The molecule has 15 heavy (non-hydrogen) atoms. The molecule has 1 aliphatic heterocycles. The summed E-state index contributed by atoms with van der Waals surface area (Å²) in [7, 11) is 0. The minimum Gasteiger partial charge on any atom is -0.381 e. The smallest absolute Gasteiger partial charge is 0.0509 e. The van der Waals surface area contributed by atoms with Crippen molar-refractivity contribution in [1.29, 1.82) is 0 Å². The Balaban J connectivity index is 1.45. The van der Waals surface area contributed by atoms with E-state index in [2.05, 4.69) is 17.6 Å². The average molecular weight is 212 g/mol. The van der Waals surface area contributed by atoms with Crippen LogP contribution >= 0.6 is 0 Å². The highest BCUT2D eigenvalue weighted by Gasteiger charge is 2.22. The molecule has 1 saturated heterocycles. The van der Waals surface area contributed by atoms with E-state index >= 15 is 0 Å². The quantitative estimate of drug-likeness (QED) is 0.618. The molecule has 2 rings (SSSR count). The lowest BCUT2D eigenvalue weighted by atomic mass is 10.0. The van der Waals surface area contributed by atoms with Gasteiger partial charge in [0.05, 0.1) is 6.61 Å². The maximum absolute atomic E-state index is 5.39. The summed E-state index contributed by atoms with van der Waals surface area (Å²) < 4.78 is 5.39. The standard InChI is InChI=1S/C12H24N2O/c1-10(12-4-7-15-9-12)14-6-5-13-8-11-2-3-11/h10-14H,2-9H2,1H3. The minimum atomic E-state index is 0.607. The fourth-order valence-electron chi connectivity index (χ4n) is 2.13. The molecule has 2 unspecified atom stereocenters. The van der Waals surface area contributed by atoms with Crippen LogP contribution < -0.4 is 10.6 Å². The maximum atomic E-state index is 5.39. The van der Waals surface area contributed by atoms with E-state index in [0.29, 0.717) is 6.04 Å². The molecule has 2 fully saturated rings. The monoisotopic (exact) mass is 212 g/mol. The Kier molecular flexibility index (Phi) is 4.42. The third-order valence-electron chi connectivity index (χ3n) is 3.57. The molecule has 0 aromatic carbocycles. The summed E-state index contributed by atoms with van der Waals surface area (Å²) in [5.74, 6) is 1.72. The molecule has 1 aliphatic carbocycles. The fourth-order valence-corrected chi connectivity index (χ4v) is 2.13. The van der Waals surface area contributed by atoms with E-state index in [1.165, 1.54) is 25.8 Å². The van der Waals surface area contributed by atoms with E-state index in [-0.39, 0.29) is 0 Å². The van der Waals surface area contributed by atoms with Gasteiger partial charge in [0.25, 0.3) is 0 Å². The number of hydrogen-bond acceptors (Lipinski definition) is 3. The van der Waals surface area contributed by atoms with Crippen LogP contribution in [-0.4, -0.2) is 38.9 Å². The first-order valence-electron chi connectivity index (χ1n) is 6.38. The molecule has 0 aromatic heterocycles. The molecule has 0 radical (unpaired) electrons. The van der Waals surface area contributed by atoms with E-state index in [4.69, 9.17) is 4.74 Å². The van der Waals surface area contributed by atoms with Gasteiger partial charge in [0, 0.05) is 25.7 Å². The van der Waals surface area contributed by atoms with Crippen molar-refractivity contribution < 1.29 is 4.74 Å². The highest BCUT2D eigenvalue weighted by Crippen LogP contribution is 2.27. The predicted octanol–water partition coefficient (Wildman–Crippen LogP) is 1.00. The Morgan fingerprint density at radius 3 is 2.80 bits per heavy atom. The minimum absolute atomic E-state index is 0.607. The van der Waals surface area contributed by atoms with E-state index in [9.17, 15) is 0 Å². The fraction of sp³-hybridized carbons (Fsp3) is 1.00. The van der Waals surface area contributed by atoms with Crippen LogP contribution in [0.5, 0.6) is 0 Å². The maximum Gasteiger partial charge on any atom is 0.0509 e. The van der Waals surface area contributed by atoms with Gasteiger partial charge in [0.2, 0.25) is 0 Å². The number of nitrogens with one attached hydrogen (secondary N) is 2. The third-order valence-corrected chi connectivity index (χ3v) is 3.57. The largest absolute Gasteiger partial charge is 0.381 e. The van der Waals surface area contributed by atoms with Crippen molar-refractivity contribution >= 4 is 0 Å². The Morgan fingerprint density at radius 2 is 2.13 bits per heavy atom. The van der Waals surface area contributed by atoms with Crippen molar-refractivity contribution in [1.82, 2.24) is 10.6 Å². The van der Waals surface area contributed by atoms with Gasteiger partial charge in [0.1, 0.15) is 0 Å². The van der Waals surface area contributed by atoms with Gasteiger partial charge in [-0.05, 0) is 44.6 Å². The van der Waals surface area contributed by atoms with Gasteiger partial charge in [-0.3, -0.25) is 0 Å². The third kappa shape index (κ3) is 4.09. The molecular formula is C12H24N2O. The summed E-state index contributed by atoms with van der Waals surface area (Å²) in [6.45, 7) is 7.60. The predicted molar refractivity (Wildman–Crippen MR) is 62.0 cm³/mol. The molecule has 2 N–H and O–H groups in total. The van der Waals surface area contributed by atoms with Gasteiger partial charge in [-0.25, -0.2) is 0 Å². The zero-order chi connectivity index (χ0) is 10.5. The molecule has 2 aliphatic rings. The Bertz CT molecular complexity index is 176. The van der Waals surface area contributed by atoms with E-state index in [1.54, 1.807) is 0 Å². The molecule has 3 nitrogen and oxygen atoms in total. The van der Waals surface area contributed by atoms with Crippen LogP contribution in [0, 0.1) is 11.8 Å². The summed E-state index contributed by atoms with van der Waals surface area (Å²) in [6.07, 6.45) is 4.11. The first kappa shape index (κ1) is 11.4. The van der Waals surface area contributed by atoms with Gasteiger partial charge in [-0.15, -0.1) is 0 Å². The molecule has 0 amide bonds. The first-order chi connectivity index (χ1) is 7.36. The SMILES string of the molecule is CC(NCCNCC1CC1)C1CCOC1. The lowest BCUT2D eigenvalue weighted by Crippen LogP contribution is -2.38. The highest BCUT2D eigenvalue weighted by molar-refractivity contribution is 4.77. The van der Waals surface area contributed by atoms with Crippen molar-refractivity contribution in [2.24, 2.45) is 11.8 Å². The van der Waals surface area contributed by atoms with Crippen molar-refractivity contribution in [3.05, 3.63) is 0 Å². The van der Waals surface area contributed by atoms with Crippen LogP contribution in [0.1, 0.15) is 26.2 Å². The normalized spacial score (nSPS) is 28.2. The summed E-state index contributed by atoms with van der Waals surface area (Å²) in [5, 5.41) is 7.08. The van der Waals surface area contributed by atoms with E-state index in [1.807, 2.05) is 0 Å². The number of hydrogen-bond donors (Lipinski definition) is 2. The van der Waals surface area contributed by atoms with Crippen molar-refractivity contribution in [2.45, 2.75) is 32.2 Å². The zero-order valence-corrected chi connectivity index (χ0v) is 9.80. The van der Waals surface area contributed by atoms with Gasteiger partial charge in [-0.1, -0.05) is 0 Å². The second-order valence-electron chi connectivity index (χ2n) is 5.01. The average Bonchev–Trinajstić information content (AvgIpc) is 2.90. The molecule has 3 heteroatoms. The van der Waals surface area contributed by atoms with Crippen molar-refractivity contribution in [3.63, 3.8) is 0 Å². The van der Waals surface area contributed by atoms with E-state index < -0.39 is 0 Å². The van der Waals surface area contributed by atoms with Crippen LogP contribution in [0.25, 0.3) is 0 Å². The molecule has 1 heterocycles.